The minimum absolute atomic E-state index is 0.0918. The number of aromatic nitrogens is 1. The molecule has 0 bridgehead atoms. The van der Waals surface area contributed by atoms with Crippen LogP contribution in [0.1, 0.15) is 31.4 Å². The summed E-state index contributed by atoms with van der Waals surface area (Å²) in [6, 6.07) is 1.82. The van der Waals surface area contributed by atoms with E-state index in [1.165, 1.54) is 0 Å². The van der Waals surface area contributed by atoms with Gasteiger partial charge in [-0.3, -0.25) is 4.98 Å². The van der Waals surface area contributed by atoms with Crippen LogP contribution in [0.3, 0.4) is 0 Å². The molecule has 1 aromatic rings. The Labute approximate surface area is 105 Å². The summed E-state index contributed by atoms with van der Waals surface area (Å²) in [5, 5.41) is 8.91. The van der Waals surface area contributed by atoms with Crippen molar-refractivity contribution in [1.82, 2.24) is 4.98 Å². The molecule has 1 N–H and O–H groups in total. The van der Waals surface area contributed by atoms with Gasteiger partial charge in [0.2, 0.25) is 0 Å². The maximum atomic E-state index is 8.91. The minimum atomic E-state index is -0.424. The molecule has 0 saturated heterocycles. The van der Waals surface area contributed by atoms with Crippen molar-refractivity contribution in [3.63, 3.8) is 0 Å². The van der Waals surface area contributed by atoms with Crippen molar-refractivity contribution in [2.75, 3.05) is 14.2 Å². The molecule has 92 valence electrons. The van der Waals surface area contributed by atoms with Crippen LogP contribution in [0.4, 0.5) is 0 Å². The van der Waals surface area contributed by atoms with Crippen molar-refractivity contribution in [2.24, 2.45) is 0 Å². The molecule has 0 saturated carbocycles. The summed E-state index contributed by atoms with van der Waals surface area (Å²) < 4.78 is 10.9. The van der Waals surface area contributed by atoms with Gasteiger partial charge in [-0.1, -0.05) is 13.8 Å². The zero-order valence-corrected chi connectivity index (χ0v) is 11.6. The molecule has 5 heteroatoms. The van der Waals surface area contributed by atoms with Crippen LogP contribution in [0.5, 0.6) is 0 Å². The third-order valence-electron chi connectivity index (χ3n) is 1.79. The number of hydrogen-bond acceptors (Lipinski definition) is 4. The van der Waals surface area contributed by atoms with Crippen molar-refractivity contribution < 1.29 is 14.6 Å². The first-order valence-electron chi connectivity index (χ1n) is 5.03. The van der Waals surface area contributed by atoms with Gasteiger partial charge < -0.3 is 14.6 Å². The van der Waals surface area contributed by atoms with Gasteiger partial charge in [0.15, 0.2) is 6.29 Å². The first-order chi connectivity index (χ1) is 7.72. The van der Waals surface area contributed by atoms with Crippen LogP contribution in [0, 0.1) is 0 Å². The number of nitrogens with zero attached hydrogens (tertiary/aromatic N) is 1. The second-order valence-electron chi connectivity index (χ2n) is 2.66. The number of pyridine rings is 1. The van der Waals surface area contributed by atoms with Gasteiger partial charge in [-0.05, 0) is 22.0 Å². The quantitative estimate of drug-likeness (QED) is 0.867. The summed E-state index contributed by atoms with van der Waals surface area (Å²) in [6.07, 6.45) is 1.19. The Balaban J connectivity index is 0.00000106. The van der Waals surface area contributed by atoms with Gasteiger partial charge >= 0.3 is 0 Å². The highest BCUT2D eigenvalue weighted by molar-refractivity contribution is 9.10. The summed E-state index contributed by atoms with van der Waals surface area (Å²) in [4.78, 5) is 4.06. The van der Waals surface area contributed by atoms with E-state index in [9.17, 15) is 0 Å². The minimum Gasteiger partial charge on any atom is -0.390 e. The van der Waals surface area contributed by atoms with E-state index >= 15 is 0 Å². The fraction of sp³-hybridized carbons (Fsp3) is 0.545. The fourth-order valence-corrected chi connectivity index (χ4v) is 1.59. The molecule has 4 nitrogen and oxygen atoms in total. The van der Waals surface area contributed by atoms with Crippen LogP contribution in [-0.2, 0) is 16.1 Å². The Morgan fingerprint density at radius 1 is 1.38 bits per heavy atom. The van der Waals surface area contributed by atoms with Crippen molar-refractivity contribution in [1.29, 1.82) is 0 Å². The summed E-state index contributed by atoms with van der Waals surface area (Å²) >= 11 is 3.30. The normalized spacial score (nSPS) is 9.94. The molecule has 16 heavy (non-hydrogen) atoms. The topological polar surface area (TPSA) is 51.6 Å². The molecule has 0 atom stereocenters. The van der Waals surface area contributed by atoms with Crippen molar-refractivity contribution in [3.05, 3.63) is 28.0 Å². The Bertz CT molecular complexity index is 303. The zero-order chi connectivity index (χ0) is 12.6. The number of rotatable bonds is 4. The number of methoxy groups -OCH3 is 2. The molecule has 1 heterocycles. The lowest BCUT2D eigenvalue weighted by Crippen LogP contribution is -2.05. The Morgan fingerprint density at radius 2 is 1.94 bits per heavy atom. The fourth-order valence-electron chi connectivity index (χ4n) is 1.09. The number of aliphatic hydroxyl groups is 1. The van der Waals surface area contributed by atoms with Crippen LogP contribution in [0.25, 0.3) is 0 Å². The van der Waals surface area contributed by atoms with Gasteiger partial charge in [0.05, 0.1) is 12.3 Å². The molecular weight excluding hydrogens is 274 g/mol. The molecule has 1 rings (SSSR count). The van der Waals surface area contributed by atoms with Gasteiger partial charge in [0.25, 0.3) is 0 Å². The second kappa shape index (κ2) is 8.64. The summed E-state index contributed by atoms with van der Waals surface area (Å²) in [6.45, 7) is 3.91. The van der Waals surface area contributed by atoms with Gasteiger partial charge in [-0.2, -0.15) is 0 Å². The van der Waals surface area contributed by atoms with E-state index in [0.717, 1.165) is 10.0 Å². The van der Waals surface area contributed by atoms with Crippen LogP contribution >= 0.6 is 15.9 Å². The van der Waals surface area contributed by atoms with Crippen LogP contribution in [-0.4, -0.2) is 24.3 Å². The average Bonchev–Trinajstić information content (AvgIpc) is 2.33. The number of aliphatic hydroxyl groups excluding tert-OH is 1. The molecule has 0 radical (unpaired) electrons. The van der Waals surface area contributed by atoms with Crippen molar-refractivity contribution in [2.45, 2.75) is 26.7 Å². The Morgan fingerprint density at radius 3 is 2.31 bits per heavy atom. The van der Waals surface area contributed by atoms with E-state index in [-0.39, 0.29) is 6.61 Å². The summed E-state index contributed by atoms with van der Waals surface area (Å²) in [5.41, 5.74) is 1.40. The van der Waals surface area contributed by atoms with E-state index < -0.39 is 6.29 Å². The maximum Gasteiger partial charge on any atom is 0.184 e. The van der Waals surface area contributed by atoms with E-state index in [2.05, 4.69) is 20.9 Å². The van der Waals surface area contributed by atoms with Gasteiger partial charge in [-0.15, -0.1) is 0 Å². The molecule has 0 aliphatic rings. The number of ether oxygens (including phenoxy) is 2. The first-order valence-corrected chi connectivity index (χ1v) is 5.83. The van der Waals surface area contributed by atoms with E-state index in [0.29, 0.717) is 5.69 Å². The SMILES string of the molecule is CC.COC(OC)c1cnc(CO)c(Br)c1. The average molecular weight is 292 g/mol. The lowest BCUT2D eigenvalue weighted by molar-refractivity contribution is -0.106. The van der Waals surface area contributed by atoms with Crippen LogP contribution in [0.15, 0.2) is 16.7 Å². The molecule has 0 spiro atoms. The standard InChI is InChI=1S/C9H12BrNO3.C2H6/c1-13-9(14-2)6-3-7(10)8(5-12)11-4-6;1-2/h3-4,9,12H,5H2,1-2H3;1-2H3. The van der Waals surface area contributed by atoms with E-state index in [1.54, 1.807) is 20.4 Å². The molecule has 0 fully saturated rings. The highest BCUT2D eigenvalue weighted by atomic mass is 79.9. The number of hydrogen-bond donors (Lipinski definition) is 1. The third-order valence-corrected chi connectivity index (χ3v) is 2.48. The zero-order valence-electron chi connectivity index (χ0n) is 10.0. The lowest BCUT2D eigenvalue weighted by atomic mass is 10.2. The second-order valence-corrected chi connectivity index (χ2v) is 3.51. The van der Waals surface area contributed by atoms with E-state index in [1.807, 2.05) is 19.9 Å². The van der Waals surface area contributed by atoms with Crippen molar-refractivity contribution in [3.8, 4) is 0 Å². The molecule has 0 aliphatic heterocycles. The maximum absolute atomic E-state index is 8.91. The first kappa shape index (κ1) is 15.5. The van der Waals surface area contributed by atoms with Gasteiger partial charge in [0, 0.05) is 30.5 Å². The summed E-state index contributed by atoms with van der Waals surface area (Å²) in [7, 11) is 3.12. The Hall–Kier alpha value is -0.490. The predicted octanol–water partition coefficient (Wildman–Crippen LogP) is 2.65. The molecular formula is C11H18BrNO3. The van der Waals surface area contributed by atoms with Gasteiger partial charge in [-0.25, -0.2) is 0 Å². The third kappa shape index (κ3) is 4.17. The number of halogens is 1. The lowest BCUT2D eigenvalue weighted by Gasteiger charge is -2.13. The highest BCUT2D eigenvalue weighted by Gasteiger charge is 2.11. The molecule has 0 aromatic carbocycles. The predicted molar refractivity (Wildman–Crippen MR) is 66.0 cm³/mol. The smallest absolute Gasteiger partial charge is 0.184 e. The van der Waals surface area contributed by atoms with Crippen LogP contribution in [0.2, 0.25) is 0 Å². The highest BCUT2D eigenvalue weighted by Crippen LogP contribution is 2.22. The summed E-state index contributed by atoms with van der Waals surface area (Å²) in [5.74, 6) is 0. The van der Waals surface area contributed by atoms with Crippen LogP contribution < -0.4 is 0 Å². The monoisotopic (exact) mass is 291 g/mol. The molecule has 1 aromatic heterocycles. The molecule has 0 aliphatic carbocycles. The van der Waals surface area contributed by atoms with Crippen molar-refractivity contribution >= 4 is 15.9 Å². The van der Waals surface area contributed by atoms with Gasteiger partial charge in [0.1, 0.15) is 0 Å². The largest absolute Gasteiger partial charge is 0.390 e. The van der Waals surface area contributed by atoms with E-state index in [4.69, 9.17) is 14.6 Å². The Kier molecular flexibility index (Phi) is 8.37. The molecule has 0 amide bonds. The molecule has 0 unspecified atom stereocenters.